The number of amides is 2. The van der Waals surface area contributed by atoms with Gasteiger partial charge in [-0.1, -0.05) is 0 Å². The molecule has 4 aromatic heterocycles. The Kier molecular flexibility index (Phi) is 5.44. The minimum absolute atomic E-state index is 0.0157. The smallest absolute Gasteiger partial charge is 0.365 e. The van der Waals surface area contributed by atoms with Crippen molar-refractivity contribution < 1.29 is 22.8 Å². The maximum Gasteiger partial charge on any atom is 0.433 e. The van der Waals surface area contributed by atoms with Crippen molar-refractivity contribution in [2.75, 3.05) is 5.32 Å². The zero-order valence-corrected chi connectivity index (χ0v) is 18.5. The fourth-order valence-corrected chi connectivity index (χ4v) is 4.50. The standard InChI is InChI=1S/C20H18F3N7O2S/c1-4-30-9(2)11(8-25-30)10-7-13(20(21,22)23)26-19-14(10)15(16(33-19)17(24)31)27-18(32)12-5-6-29(3)28-12/h5-8H,4H2,1-3H3,(H2,24,31)(H,27,32). The third kappa shape index (κ3) is 3.95. The number of aryl methyl sites for hydroxylation is 2. The second-order valence-electron chi connectivity index (χ2n) is 7.19. The van der Waals surface area contributed by atoms with Crippen LogP contribution in [0.1, 0.15) is 38.5 Å². The topological polar surface area (TPSA) is 121 Å². The lowest BCUT2D eigenvalue weighted by atomic mass is 10.0. The van der Waals surface area contributed by atoms with Crippen molar-refractivity contribution in [2.24, 2.45) is 12.8 Å². The SMILES string of the molecule is CCn1ncc(-c2cc(C(F)(F)F)nc3sc(C(N)=O)c(NC(=O)c4ccn(C)n4)c23)c1C. The summed E-state index contributed by atoms with van der Waals surface area (Å²) in [5.74, 6) is -1.56. The molecule has 2 amide bonds. The van der Waals surface area contributed by atoms with E-state index in [0.29, 0.717) is 29.1 Å². The van der Waals surface area contributed by atoms with Crippen LogP contribution in [-0.4, -0.2) is 36.4 Å². The molecular formula is C20H18F3N7O2S. The van der Waals surface area contributed by atoms with Gasteiger partial charge in [0.15, 0.2) is 5.69 Å². The normalized spacial score (nSPS) is 11.8. The number of anilines is 1. The monoisotopic (exact) mass is 477 g/mol. The molecule has 0 atom stereocenters. The molecule has 0 aliphatic rings. The number of hydrogen-bond acceptors (Lipinski definition) is 6. The number of carbonyl (C=O) groups excluding carboxylic acids is 2. The quantitative estimate of drug-likeness (QED) is 0.455. The maximum absolute atomic E-state index is 13.6. The summed E-state index contributed by atoms with van der Waals surface area (Å²) in [5, 5.41) is 11.0. The zero-order valence-electron chi connectivity index (χ0n) is 17.7. The van der Waals surface area contributed by atoms with Gasteiger partial charge in [-0.2, -0.15) is 23.4 Å². The van der Waals surface area contributed by atoms with Crippen LogP contribution in [0.2, 0.25) is 0 Å². The minimum Gasteiger partial charge on any atom is -0.365 e. The molecule has 3 N–H and O–H groups in total. The molecule has 13 heteroatoms. The Hall–Kier alpha value is -3.74. The number of carbonyl (C=O) groups is 2. The summed E-state index contributed by atoms with van der Waals surface area (Å²) in [6.45, 7) is 4.08. The lowest BCUT2D eigenvalue weighted by molar-refractivity contribution is -0.140. The van der Waals surface area contributed by atoms with E-state index in [1.807, 2.05) is 6.92 Å². The third-order valence-electron chi connectivity index (χ3n) is 5.05. The summed E-state index contributed by atoms with van der Waals surface area (Å²) in [4.78, 5) is 28.5. The van der Waals surface area contributed by atoms with E-state index in [4.69, 9.17) is 5.73 Å². The van der Waals surface area contributed by atoms with E-state index < -0.39 is 23.7 Å². The molecule has 0 saturated heterocycles. The Morgan fingerprint density at radius 1 is 1.27 bits per heavy atom. The Bertz CT molecular complexity index is 1400. The zero-order chi connectivity index (χ0) is 24.1. The predicted octanol–water partition coefficient (Wildman–Crippen LogP) is 3.59. The Morgan fingerprint density at radius 3 is 2.55 bits per heavy atom. The fraction of sp³-hybridized carbons (Fsp3) is 0.250. The summed E-state index contributed by atoms with van der Waals surface area (Å²) in [6, 6.07) is 2.35. The molecule has 4 aromatic rings. The molecule has 0 bridgehead atoms. The first-order valence-electron chi connectivity index (χ1n) is 9.69. The van der Waals surface area contributed by atoms with Gasteiger partial charge in [-0.15, -0.1) is 11.3 Å². The fourth-order valence-electron chi connectivity index (χ4n) is 3.49. The first-order chi connectivity index (χ1) is 15.5. The van der Waals surface area contributed by atoms with Crippen LogP contribution in [0.4, 0.5) is 18.9 Å². The number of nitrogens with zero attached hydrogens (tertiary/aromatic N) is 5. The summed E-state index contributed by atoms with van der Waals surface area (Å²) in [5.41, 5.74) is 5.57. The molecule has 0 aliphatic heterocycles. The van der Waals surface area contributed by atoms with Crippen LogP contribution in [0, 0.1) is 6.92 Å². The van der Waals surface area contributed by atoms with Crippen LogP contribution in [0.25, 0.3) is 21.3 Å². The van der Waals surface area contributed by atoms with E-state index in [-0.39, 0.29) is 32.0 Å². The van der Waals surface area contributed by atoms with Gasteiger partial charge in [0.1, 0.15) is 15.4 Å². The number of nitrogens with two attached hydrogens (primary N) is 1. The lowest BCUT2D eigenvalue weighted by Gasteiger charge is -2.12. The van der Waals surface area contributed by atoms with Crippen LogP contribution in [0.15, 0.2) is 24.5 Å². The molecule has 33 heavy (non-hydrogen) atoms. The van der Waals surface area contributed by atoms with E-state index in [0.717, 1.165) is 6.07 Å². The van der Waals surface area contributed by atoms with Gasteiger partial charge >= 0.3 is 6.18 Å². The van der Waals surface area contributed by atoms with Crippen molar-refractivity contribution in [1.82, 2.24) is 24.5 Å². The van der Waals surface area contributed by atoms with Gasteiger partial charge in [-0.05, 0) is 31.5 Å². The first kappa shape index (κ1) is 22.5. The maximum atomic E-state index is 13.6. The Labute approximate surface area is 189 Å². The number of hydrogen-bond donors (Lipinski definition) is 2. The molecule has 0 aliphatic carbocycles. The molecule has 0 radical (unpaired) electrons. The van der Waals surface area contributed by atoms with Gasteiger partial charge in [0.25, 0.3) is 11.8 Å². The van der Waals surface area contributed by atoms with Crippen molar-refractivity contribution in [1.29, 1.82) is 0 Å². The van der Waals surface area contributed by atoms with Crippen LogP contribution >= 0.6 is 11.3 Å². The second kappa shape index (κ2) is 7.99. The summed E-state index contributed by atoms with van der Waals surface area (Å²) < 4.78 is 43.9. The molecule has 0 saturated carbocycles. The Balaban J connectivity index is 2.01. The number of fused-ring (bicyclic) bond motifs is 1. The average Bonchev–Trinajstić information content (AvgIpc) is 3.43. The van der Waals surface area contributed by atoms with Crippen LogP contribution in [0.3, 0.4) is 0 Å². The number of alkyl halides is 3. The van der Waals surface area contributed by atoms with Gasteiger partial charge in [0.2, 0.25) is 0 Å². The van der Waals surface area contributed by atoms with Gasteiger partial charge in [0, 0.05) is 36.4 Å². The molecule has 4 heterocycles. The molecule has 4 rings (SSSR count). The third-order valence-corrected chi connectivity index (χ3v) is 6.15. The second-order valence-corrected chi connectivity index (χ2v) is 8.19. The highest BCUT2D eigenvalue weighted by Gasteiger charge is 2.35. The molecule has 9 nitrogen and oxygen atoms in total. The minimum atomic E-state index is -4.73. The summed E-state index contributed by atoms with van der Waals surface area (Å²) >= 11 is 0.679. The van der Waals surface area contributed by atoms with Gasteiger partial charge < -0.3 is 11.1 Å². The molecule has 0 fully saturated rings. The first-order valence-corrected chi connectivity index (χ1v) is 10.5. The average molecular weight is 477 g/mol. The van der Waals surface area contributed by atoms with Gasteiger partial charge in [-0.3, -0.25) is 19.0 Å². The molecule has 0 unspecified atom stereocenters. The highest BCUT2D eigenvalue weighted by molar-refractivity contribution is 7.21. The largest absolute Gasteiger partial charge is 0.433 e. The highest BCUT2D eigenvalue weighted by Crippen LogP contribution is 2.44. The van der Waals surface area contributed by atoms with Crippen molar-refractivity contribution >= 4 is 39.1 Å². The molecular weight excluding hydrogens is 459 g/mol. The molecule has 0 aromatic carbocycles. The molecule has 0 spiro atoms. The number of aromatic nitrogens is 5. The predicted molar refractivity (Wildman–Crippen MR) is 116 cm³/mol. The number of nitrogens with one attached hydrogen (secondary N) is 1. The van der Waals surface area contributed by atoms with E-state index in [1.54, 1.807) is 24.9 Å². The van der Waals surface area contributed by atoms with Crippen LogP contribution in [0.5, 0.6) is 0 Å². The van der Waals surface area contributed by atoms with Crippen molar-refractivity contribution in [3.05, 3.63) is 46.5 Å². The van der Waals surface area contributed by atoms with E-state index in [1.165, 1.54) is 16.9 Å². The van der Waals surface area contributed by atoms with E-state index in [2.05, 4.69) is 20.5 Å². The van der Waals surface area contributed by atoms with E-state index >= 15 is 0 Å². The number of thiophene rings is 1. The van der Waals surface area contributed by atoms with Gasteiger partial charge in [0.05, 0.1) is 11.9 Å². The Morgan fingerprint density at radius 2 is 2.00 bits per heavy atom. The van der Waals surface area contributed by atoms with Crippen molar-refractivity contribution in [2.45, 2.75) is 26.6 Å². The number of pyridine rings is 1. The highest BCUT2D eigenvalue weighted by atomic mass is 32.1. The van der Waals surface area contributed by atoms with E-state index in [9.17, 15) is 22.8 Å². The lowest BCUT2D eigenvalue weighted by Crippen LogP contribution is -2.17. The van der Waals surface area contributed by atoms with Crippen molar-refractivity contribution in [3.8, 4) is 11.1 Å². The van der Waals surface area contributed by atoms with Gasteiger partial charge in [-0.25, -0.2) is 4.98 Å². The summed E-state index contributed by atoms with van der Waals surface area (Å²) in [6.07, 6.45) is -1.73. The van der Waals surface area contributed by atoms with Crippen LogP contribution in [-0.2, 0) is 19.8 Å². The van der Waals surface area contributed by atoms with Crippen LogP contribution < -0.4 is 11.1 Å². The summed E-state index contributed by atoms with van der Waals surface area (Å²) in [7, 11) is 1.63. The molecule has 172 valence electrons. The van der Waals surface area contributed by atoms with Crippen molar-refractivity contribution in [3.63, 3.8) is 0 Å². The number of halogens is 3. The number of primary amides is 1. The number of rotatable bonds is 5.